The van der Waals surface area contributed by atoms with E-state index in [2.05, 4.69) is 10.6 Å². The summed E-state index contributed by atoms with van der Waals surface area (Å²) in [5.74, 6) is 0.498. The highest BCUT2D eigenvalue weighted by Crippen LogP contribution is 2.21. The molecule has 0 unspecified atom stereocenters. The predicted molar refractivity (Wildman–Crippen MR) is 94.2 cm³/mol. The van der Waals surface area contributed by atoms with Crippen molar-refractivity contribution >= 4 is 17.5 Å². The van der Waals surface area contributed by atoms with Gasteiger partial charge in [-0.15, -0.1) is 0 Å². The minimum absolute atomic E-state index is 0.0709. The molecule has 0 saturated carbocycles. The van der Waals surface area contributed by atoms with Crippen molar-refractivity contribution in [3.63, 3.8) is 0 Å². The first-order chi connectivity index (χ1) is 11.5. The van der Waals surface area contributed by atoms with E-state index in [4.69, 9.17) is 4.74 Å². The van der Waals surface area contributed by atoms with Gasteiger partial charge in [-0.3, -0.25) is 9.59 Å². The van der Waals surface area contributed by atoms with E-state index in [9.17, 15) is 9.59 Å². The van der Waals surface area contributed by atoms with Crippen LogP contribution in [0, 0.1) is 0 Å². The molecule has 2 rings (SSSR count). The Hall–Kier alpha value is -2.82. The van der Waals surface area contributed by atoms with Crippen LogP contribution in [0.5, 0.6) is 5.75 Å². The molecule has 126 valence electrons. The summed E-state index contributed by atoms with van der Waals surface area (Å²) in [6, 6.07) is 14.4. The molecule has 2 amide bonds. The Morgan fingerprint density at radius 1 is 1.04 bits per heavy atom. The van der Waals surface area contributed by atoms with E-state index in [1.54, 1.807) is 31.4 Å². The molecule has 2 aromatic carbocycles. The van der Waals surface area contributed by atoms with Crippen LogP contribution >= 0.6 is 0 Å². The van der Waals surface area contributed by atoms with E-state index >= 15 is 0 Å². The molecule has 2 N–H and O–H groups in total. The van der Waals surface area contributed by atoms with Gasteiger partial charge in [0.15, 0.2) is 0 Å². The summed E-state index contributed by atoms with van der Waals surface area (Å²) in [5.41, 5.74) is 2.25. The number of nitrogens with one attached hydrogen (secondary N) is 2. The number of ether oxygens (including phenoxy) is 1. The maximum absolute atomic E-state index is 12.4. The Kier molecular flexibility index (Phi) is 5.95. The van der Waals surface area contributed by atoms with Crippen LogP contribution in [-0.2, 0) is 4.79 Å². The quantitative estimate of drug-likeness (QED) is 0.853. The van der Waals surface area contributed by atoms with Gasteiger partial charge >= 0.3 is 0 Å². The molecule has 5 heteroatoms. The second-order valence-corrected chi connectivity index (χ2v) is 5.47. The van der Waals surface area contributed by atoms with Gasteiger partial charge in [-0.1, -0.05) is 19.1 Å². The first-order valence-electron chi connectivity index (χ1n) is 7.86. The molecule has 0 bridgehead atoms. The fourth-order valence-corrected chi connectivity index (χ4v) is 2.41. The van der Waals surface area contributed by atoms with Gasteiger partial charge in [-0.2, -0.15) is 0 Å². The van der Waals surface area contributed by atoms with E-state index in [0.29, 0.717) is 11.3 Å². The molecule has 5 nitrogen and oxygen atoms in total. The Morgan fingerprint density at radius 2 is 1.67 bits per heavy atom. The fraction of sp³-hybridized carbons (Fsp3) is 0.263. The van der Waals surface area contributed by atoms with Gasteiger partial charge in [0.25, 0.3) is 5.91 Å². The topological polar surface area (TPSA) is 67.4 Å². The highest BCUT2D eigenvalue weighted by Gasteiger charge is 2.14. The number of anilines is 1. The van der Waals surface area contributed by atoms with Crippen LogP contribution in [0.2, 0.25) is 0 Å². The van der Waals surface area contributed by atoms with E-state index in [0.717, 1.165) is 17.7 Å². The lowest BCUT2D eigenvalue weighted by Crippen LogP contribution is -2.28. The Balaban J connectivity index is 2.06. The van der Waals surface area contributed by atoms with Gasteiger partial charge in [0, 0.05) is 18.2 Å². The van der Waals surface area contributed by atoms with Gasteiger partial charge in [0.2, 0.25) is 5.91 Å². The van der Waals surface area contributed by atoms with Crippen molar-refractivity contribution in [2.75, 3.05) is 12.4 Å². The number of hydrogen-bond donors (Lipinski definition) is 2. The third kappa shape index (κ3) is 4.59. The molecule has 0 fully saturated rings. The van der Waals surface area contributed by atoms with Crippen molar-refractivity contribution < 1.29 is 14.3 Å². The van der Waals surface area contributed by atoms with Crippen molar-refractivity contribution in [2.45, 2.75) is 26.3 Å². The summed E-state index contributed by atoms with van der Waals surface area (Å²) < 4.78 is 5.15. The van der Waals surface area contributed by atoms with E-state index < -0.39 is 0 Å². The minimum Gasteiger partial charge on any atom is -0.497 e. The van der Waals surface area contributed by atoms with Crippen LogP contribution in [0.3, 0.4) is 0 Å². The molecule has 0 aromatic heterocycles. The van der Waals surface area contributed by atoms with Crippen LogP contribution in [0.25, 0.3) is 0 Å². The SMILES string of the molecule is CC[C@H](NC(=O)c1ccc(NC(C)=O)cc1)c1ccc(OC)cc1. The van der Waals surface area contributed by atoms with Crippen molar-refractivity contribution in [2.24, 2.45) is 0 Å². The third-order valence-electron chi connectivity index (χ3n) is 3.70. The number of carbonyl (C=O) groups excluding carboxylic acids is 2. The number of hydrogen-bond acceptors (Lipinski definition) is 3. The second kappa shape index (κ2) is 8.15. The fourth-order valence-electron chi connectivity index (χ4n) is 2.41. The molecule has 0 radical (unpaired) electrons. The van der Waals surface area contributed by atoms with Crippen molar-refractivity contribution in [1.82, 2.24) is 5.32 Å². The molecular formula is C19H22N2O3. The van der Waals surface area contributed by atoms with Crippen LogP contribution in [0.1, 0.15) is 42.2 Å². The Morgan fingerprint density at radius 3 is 2.17 bits per heavy atom. The number of amides is 2. The molecule has 0 saturated heterocycles. The lowest BCUT2D eigenvalue weighted by atomic mass is 10.0. The molecule has 0 heterocycles. The summed E-state index contributed by atoms with van der Waals surface area (Å²) in [6.45, 7) is 3.47. The monoisotopic (exact) mass is 326 g/mol. The normalized spacial score (nSPS) is 11.5. The summed E-state index contributed by atoms with van der Waals surface area (Å²) in [7, 11) is 1.62. The first-order valence-corrected chi connectivity index (χ1v) is 7.86. The zero-order chi connectivity index (χ0) is 17.5. The van der Waals surface area contributed by atoms with Gasteiger partial charge in [-0.05, 0) is 48.4 Å². The van der Waals surface area contributed by atoms with Crippen LogP contribution < -0.4 is 15.4 Å². The molecule has 0 aliphatic carbocycles. The standard InChI is InChI=1S/C19H22N2O3/c1-4-18(14-7-11-17(24-3)12-8-14)21-19(23)15-5-9-16(10-6-15)20-13(2)22/h5-12,18H,4H2,1-3H3,(H,20,22)(H,21,23)/t18-/m0/s1. The van der Waals surface area contributed by atoms with Crippen molar-refractivity contribution in [3.05, 3.63) is 59.7 Å². The lowest BCUT2D eigenvalue weighted by molar-refractivity contribution is -0.114. The highest BCUT2D eigenvalue weighted by molar-refractivity contribution is 5.95. The first kappa shape index (κ1) is 17.5. The van der Waals surface area contributed by atoms with Crippen molar-refractivity contribution in [1.29, 1.82) is 0 Å². The summed E-state index contributed by atoms with van der Waals surface area (Å²) in [6.07, 6.45) is 0.780. The minimum atomic E-state index is -0.146. The summed E-state index contributed by atoms with van der Waals surface area (Å²) in [5, 5.41) is 5.71. The largest absolute Gasteiger partial charge is 0.497 e. The maximum Gasteiger partial charge on any atom is 0.251 e. The average Bonchev–Trinajstić information content (AvgIpc) is 2.59. The van der Waals surface area contributed by atoms with Gasteiger partial charge in [-0.25, -0.2) is 0 Å². The lowest BCUT2D eigenvalue weighted by Gasteiger charge is -2.18. The molecule has 0 spiro atoms. The molecule has 1 atom stereocenters. The average molecular weight is 326 g/mol. The zero-order valence-electron chi connectivity index (χ0n) is 14.1. The van der Waals surface area contributed by atoms with E-state index in [-0.39, 0.29) is 17.9 Å². The van der Waals surface area contributed by atoms with E-state index in [1.807, 2.05) is 31.2 Å². The van der Waals surface area contributed by atoms with Gasteiger partial charge < -0.3 is 15.4 Å². The Labute approximate surface area is 142 Å². The van der Waals surface area contributed by atoms with Crippen LogP contribution in [0.15, 0.2) is 48.5 Å². The number of carbonyl (C=O) groups is 2. The number of methoxy groups -OCH3 is 1. The highest BCUT2D eigenvalue weighted by atomic mass is 16.5. The third-order valence-corrected chi connectivity index (χ3v) is 3.70. The second-order valence-electron chi connectivity index (χ2n) is 5.47. The van der Waals surface area contributed by atoms with Crippen LogP contribution in [0.4, 0.5) is 5.69 Å². The molecular weight excluding hydrogens is 304 g/mol. The van der Waals surface area contributed by atoms with Gasteiger partial charge in [0.1, 0.15) is 5.75 Å². The summed E-state index contributed by atoms with van der Waals surface area (Å²) >= 11 is 0. The molecule has 0 aliphatic rings. The predicted octanol–water partition coefficient (Wildman–Crippen LogP) is 3.53. The molecule has 2 aromatic rings. The Bertz CT molecular complexity index is 694. The van der Waals surface area contributed by atoms with E-state index in [1.165, 1.54) is 6.92 Å². The zero-order valence-corrected chi connectivity index (χ0v) is 14.1. The maximum atomic E-state index is 12.4. The molecule has 0 aliphatic heterocycles. The number of benzene rings is 2. The number of rotatable bonds is 6. The van der Waals surface area contributed by atoms with Crippen molar-refractivity contribution in [3.8, 4) is 5.75 Å². The molecule has 24 heavy (non-hydrogen) atoms. The van der Waals surface area contributed by atoms with Gasteiger partial charge in [0.05, 0.1) is 13.2 Å². The summed E-state index contributed by atoms with van der Waals surface area (Å²) in [4.78, 5) is 23.4. The van der Waals surface area contributed by atoms with Crippen LogP contribution in [-0.4, -0.2) is 18.9 Å². The smallest absolute Gasteiger partial charge is 0.251 e.